The molecule has 11 nitrogen and oxygen atoms in total. The molecule has 4 rings (SSSR count). The number of carbonyl (C=O) groups excluding carboxylic acids is 3. The average Bonchev–Trinajstić information content (AvgIpc) is 3.22. The first-order chi connectivity index (χ1) is 27.1. The summed E-state index contributed by atoms with van der Waals surface area (Å²) in [6, 6.07) is 26.8. The summed E-state index contributed by atoms with van der Waals surface area (Å²) in [5.74, 6) is -0.699. The van der Waals surface area contributed by atoms with E-state index < -0.39 is 24.4 Å². The Bertz CT molecular complexity index is 1690. The number of hydrogen-bond acceptors (Lipinski definition) is 8. The van der Waals surface area contributed by atoms with E-state index in [-0.39, 0.29) is 31.9 Å². The van der Waals surface area contributed by atoms with Crippen LogP contribution in [0.15, 0.2) is 97.1 Å². The molecule has 0 saturated carbocycles. The van der Waals surface area contributed by atoms with Crippen molar-refractivity contribution in [3.63, 3.8) is 0 Å². The summed E-state index contributed by atoms with van der Waals surface area (Å²) in [5, 5.41) is 12.3. The van der Waals surface area contributed by atoms with E-state index in [1.54, 1.807) is 94.1 Å². The molecule has 0 aliphatic heterocycles. The monoisotopic (exact) mass is 788 g/mol. The molecule has 2 N–H and O–H groups in total. The molecule has 57 heavy (non-hydrogen) atoms. The van der Waals surface area contributed by atoms with Gasteiger partial charge in [0.25, 0.3) is 5.91 Å². The van der Waals surface area contributed by atoms with Gasteiger partial charge in [0, 0.05) is 32.0 Å². The summed E-state index contributed by atoms with van der Waals surface area (Å²) < 4.78 is 20.7. The summed E-state index contributed by atoms with van der Waals surface area (Å²) in [6.07, 6.45) is 5.92. The van der Waals surface area contributed by atoms with Crippen molar-refractivity contribution < 1.29 is 43.2 Å². The standard InChI is InChI=1S/C39H42N2O8.C2H6O.2C2H6.CH4/c1-3-4-5-6-7-24-48-34-22-14-31(15-23-34)39(46)49-35-20-10-29(11-21-35)26-41(27-37(43)44)38(45)30-12-16-32(17-13-30)40-36(42)25-28-8-18-33(47-2)19-9-28;1-3-2;2*1-2;/h8-23H,3-7,24-27H2,1-2H3,(H,40,42)(H,43,44);1-2H3;2*1-2H3;1H4. The zero-order valence-electron chi connectivity index (χ0n) is 34.3. The number of methoxy groups -OCH3 is 2. The van der Waals surface area contributed by atoms with Crippen LogP contribution in [0.5, 0.6) is 17.2 Å². The second-order valence-corrected chi connectivity index (χ2v) is 11.9. The van der Waals surface area contributed by atoms with E-state index in [0.29, 0.717) is 40.7 Å². The lowest BCUT2D eigenvalue weighted by molar-refractivity contribution is -0.137. The minimum absolute atomic E-state index is 0. The number of esters is 1. The number of nitrogens with one attached hydrogen (secondary N) is 1. The van der Waals surface area contributed by atoms with Gasteiger partial charge in [0.15, 0.2) is 0 Å². The number of unbranched alkanes of at least 4 members (excludes halogenated alkanes) is 4. The molecule has 0 saturated heterocycles. The fraction of sp³-hybridized carbons (Fsp3) is 0.391. The van der Waals surface area contributed by atoms with Crippen LogP contribution in [0.4, 0.5) is 5.69 Å². The molecular weight excluding hydrogens is 725 g/mol. The van der Waals surface area contributed by atoms with Gasteiger partial charge in [-0.3, -0.25) is 14.4 Å². The molecule has 0 spiro atoms. The number of ether oxygens (including phenoxy) is 4. The zero-order chi connectivity index (χ0) is 41.7. The Morgan fingerprint density at radius 3 is 1.70 bits per heavy atom. The largest absolute Gasteiger partial charge is 0.497 e. The van der Waals surface area contributed by atoms with E-state index >= 15 is 0 Å². The minimum Gasteiger partial charge on any atom is -0.497 e. The second kappa shape index (κ2) is 30.5. The van der Waals surface area contributed by atoms with E-state index in [2.05, 4.69) is 17.0 Å². The lowest BCUT2D eigenvalue weighted by Crippen LogP contribution is -2.35. The number of nitrogens with zero attached hydrogens (tertiary/aromatic N) is 1. The van der Waals surface area contributed by atoms with Crippen LogP contribution >= 0.6 is 0 Å². The van der Waals surface area contributed by atoms with Crippen LogP contribution in [0.2, 0.25) is 0 Å². The van der Waals surface area contributed by atoms with Crippen molar-refractivity contribution in [3.05, 3.63) is 119 Å². The fourth-order valence-electron chi connectivity index (χ4n) is 5.01. The first-order valence-corrected chi connectivity index (χ1v) is 19.1. The van der Waals surface area contributed by atoms with Crippen molar-refractivity contribution in [2.24, 2.45) is 0 Å². The van der Waals surface area contributed by atoms with Gasteiger partial charge < -0.3 is 34.3 Å². The Morgan fingerprint density at radius 2 is 1.16 bits per heavy atom. The maximum atomic E-state index is 13.3. The second-order valence-electron chi connectivity index (χ2n) is 11.9. The highest BCUT2D eigenvalue weighted by molar-refractivity contribution is 5.97. The highest BCUT2D eigenvalue weighted by Gasteiger charge is 2.20. The van der Waals surface area contributed by atoms with Crippen LogP contribution in [0.25, 0.3) is 0 Å². The number of carbonyl (C=O) groups is 4. The number of aliphatic carboxylic acids is 1. The van der Waals surface area contributed by atoms with Gasteiger partial charge in [-0.25, -0.2) is 4.79 Å². The quantitative estimate of drug-likeness (QED) is 0.0573. The van der Waals surface area contributed by atoms with E-state index in [4.69, 9.17) is 14.2 Å². The number of hydrogen-bond donors (Lipinski definition) is 2. The van der Waals surface area contributed by atoms with Gasteiger partial charge in [-0.2, -0.15) is 0 Å². The molecule has 2 amide bonds. The first-order valence-electron chi connectivity index (χ1n) is 19.1. The SMILES string of the molecule is C.CC.CC.CCCCCCCOc1ccc(C(=O)Oc2ccc(CN(CC(=O)O)C(=O)c3ccc(NC(=O)Cc4ccc(OC)cc4)cc3)cc2)cc1.COC. The van der Waals surface area contributed by atoms with Gasteiger partial charge in [0.2, 0.25) is 5.91 Å². The Kier molecular flexibility index (Phi) is 27.5. The van der Waals surface area contributed by atoms with Crippen molar-refractivity contribution in [3.8, 4) is 17.2 Å². The highest BCUT2D eigenvalue weighted by Crippen LogP contribution is 2.20. The van der Waals surface area contributed by atoms with Crippen LogP contribution in [0.1, 0.15) is 106 Å². The van der Waals surface area contributed by atoms with Crippen LogP contribution < -0.4 is 19.5 Å². The van der Waals surface area contributed by atoms with Gasteiger partial charge in [-0.1, -0.05) is 92.0 Å². The lowest BCUT2D eigenvalue weighted by atomic mass is 10.1. The molecule has 4 aromatic carbocycles. The van der Waals surface area contributed by atoms with Crippen LogP contribution in [0, 0.1) is 0 Å². The van der Waals surface area contributed by atoms with E-state index in [1.807, 2.05) is 39.8 Å². The van der Waals surface area contributed by atoms with Gasteiger partial charge in [-0.15, -0.1) is 0 Å². The summed E-state index contributed by atoms with van der Waals surface area (Å²) in [6.45, 7) is 10.3. The summed E-state index contributed by atoms with van der Waals surface area (Å²) in [5.41, 5.74) is 2.61. The average molecular weight is 789 g/mol. The van der Waals surface area contributed by atoms with Crippen molar-refractivity contribution in [2.75, 3.05) is 39.8 Å². The van der Waals surface area contributed by atoms with Crippen LogP contribution in [0.3, 0.4) is 0 Å². The third-order valence-electron chi connectivity index (χ3n) is 7.67. The van der Waals surface area contributed by atoms with Crippen molar-refractivity contribution in [1.29, 1.82) is 0 Å². The van der Waals surface area contributed by atoms with Crippen molar-refractivity contribution in [1.82, 2.24) is 4.90 Å². The molecular formula is C46H64N2O9. The predicted octanol–water partition coefficient (Wildman–Crippen LogP) is 10.1. The number of anilines is 1. The molecule has 4 aromatic rings. The maximum absolute atomic E-state index is 13.3. The van der Waals surface area contributed by atoms with Crippen LogP contribution in [-0.4, -0.2) is 68.2 Å². The number of amides is 2. The summed E-state index contributed by atoms with van der Waals surface area (Å²) in [4.78, 5) is 51.3. The Morgan fingerprint density at radius 1 is 0.649 bits per heavy atom. The Labute approximate surface area is 340 Å². The van der Waals surface area contributed by atoms with Gasteiger partial charge in [0.1, 0.15) is 23.8 Å². The number of carboxylic acids is 1. The Balaban J connectivity index is 0.00000368. The van der Waals surface area contributed by atoms with Gasteiger partial charge in [0.05, 0.1) is 25.7 Å². The fourth-order valence-corrected chi connectivity index (χ4v) is 5.01. The molecule has 0 aromatic heterocycles. The van der Waals surface area contributed by atoms with Gasteiger partial charge in [-0.05, 0) is 90.3 Å². The third kappa shape index (κ3) is 20.2. The predicted molar refractivity (Wildman–Crippen MR) is 229 cm³/mol. The molecule has 0 aliphatic carbocycles. The van der Waals surface area contributed by atoms with Crippen LogP contribution in [-0.2, 0) is 27.3 Å². The Hall–Kier alpha value is -5.68. The molecule has 0 radical (unpaired) electrons. The summed E-state index contributed by atoms with van der Waals surface area (Å²) in [7, 11) is 4.82. The topological polar surface area (TPSA) is 141 Å². The highest BCUT2D eigenvalue weighted by atomic mass is 16.5. The molecule has 0 heterocycles. The summed E-state index contributed by atoms with van der Waals surface area (Å²) >= 11 is 0. The van der Waals surface area contributed by atoms with E-state index in [0.717, 1.165) is 18.4 Å². The number of benzene rings is 4. The molecule has 0 fully saturated rings. The van der Waals surface area contributed by atoms with Crippen molar-refractivity contribution >= 4 is 29.4 Å². The molecule has 0 bridgehead atoms. The zero-order valence-corrected chi connectivity index (χ0v) is 34.3. The first kappa shape index (κ1) is 51.3. The van der Waals surface area contributed by atoms with Gasteiger partial charge >= 0.3 is 11.9 Å². The third-order valence-corrected chi connectivity index (χ3v) is 7.67. The number of rotatable bonds is 18. The molecule has 0 aliphatic rings. The van der Waals surface area contributed by atoms with E-state index in [9.17, 15) is 24.3 Å². The molecule has 11 heteroatoms. The smallest absolute Gasteiger partial charge is 0.343 e. The molecule has 0 atom stereocenters. The maximum Gasteiger partial charge on any atom is 0.343 e. The minimum atomic E-state index is -1.16. The normalized spacial score (nSPS) is 9.61. The van der Waals surface area contributed by atoms with E-state index in [1.165, 1.54) is 36.3 Å². The lowest BCUT2D eigenvalue weighted by Gasteiger charge is -2.21. The molecule has 0 unspecified atom stereocenters. The van der Waals surface area contributed by atoms with Crippen molar-refractivity contribution in [2.45, 2.75) is 87.1 Å². The number of carboxylic acid groups (broad SMARTS) is 1. The molecule has 312 valence electrons.